The summed E-state index contributed by atoms with van der Waals surface area (Å²) < 4.78 is 2.48. The first-order valence-electron chi connectivity index (χ1n) is 10.2. The largest absolute Gasteiger partial charge is 0.356 e. The fourth-order valence-corrected chi connectivity index (χ4v) is 5.47. The van der Waals surface area contributed by atoms with Crippen LogP contribution < -0.4 is 5.32 Å². The predicted molar refractivity (Wildman–Crippen MR) is 125 cm³/mol. The van der Waals surface area contributed by atoms with E-state index in [0.717, 1.165) is 37.2 Å². The molecule has 0 atom stereocenters. The van der Waals surface area contributed by atoms with Gasteiger partial charge in [-0.1, -0.05) is 32.6 Å². The third kappa shape index (κ3) is 5.98. The molecular weight excluding hydrogens is 471 g/mol. The molecular formula is C19H35IN6S. The van der Waals surface area contributed by atoms with Gasteiger partial charge in [0.05, 0.1) is 0 Å². The zero-order valence-electron chi connectivity index (χ0n) is 17.0. The average Bonchev–Trinajstić information content (AvgIpc) is 2.97. The third-order valence-electron chi connectivity index (χ3n) is 5.68. The SMILES string of the molecule is CCCCNC(=NCc1nnc(C)n1C)N1CCSC2(CCCCC2)C1.I. The minimum atomic E-state index is 0. The van der Waals surface area contributed by atoms with Crippen molar-refractivity contribution in [1.29, 1.82) is 0 Å². The van der Waals surface area contributed by atoms with Crippen molar-refractivity contribution in [2.45, 2.75) is 70.1 Å². The van der Waals surface area contributed by atoms with Gasteiger partial charge in [0.1, 0.15) is 12.4 Å². The van der Waals surface area contributed by atoms with Gasteiger partial charge in [-0.3, -0.25) is 0 Å². The van der Waals surface area contributed by atoms with Crippen LogP contribution in [0.1, 0.15) is 63.5 Å². The second-order valence-corrected chi connectivity index (χ2v) is 9.22. The van der Waals surface area contributed by atoms with Gasteiger partial charge in [-0.05, 0) is 26.2 Å². The van der Waals surface area contributed by atoms with Crippen LogP contribution in [0.2, 0.25) is 0 Å². The van der Waals surface area contributed by atoms with Gasteiger partial charge < -0.3 is 14.8 Å². The average molecular weight is 507 g/mol. The number of aromatic nitrogens is 3. The van der Waals surface area contributed by atoms with Crippen LogP contribution in [0.3, 0.4) is 0 Å². The van der Waals surface area contributed by atoms with E-state index >= 15 is 0 Å². The molecule has 6 nitrogen and oxygen atoms in total. The van der Waals surface area contributed by atoms with E-state index in [2.05, 4.69) is 39.1 Å². The Morgan fingerprint density at radius 3 is 2.70 bits per heavy atom. The molecule has 0 unspecified atom stereocenters. The van der Waals surface area contributed by atoms with E-state index in [-0.39, 0.29) is 24.0 Å². The molecule has 27 heavy (non-hydrogen) atoms. The van der Waals surface area contributed by atoms with Crippen LogP contribution in [0.4, 0.5) is 0 Å². The minimum absolute atomic E-state index is 0. The molecule has 1 N–H and O–H groups in total. The molecule has 0 aromatic carbocycles. The first-order chi connectivity index (χ1) is 12.6. The van der Waals surface area contributed by atoms with Crippen molar-refractivity contribution in [3.8, 4) is 0 Å². The van der Waals surface area contributed by atoms with Crippen molar-refractivity contribution in [2.75, 3.05) is 25.4 Å². The van der Waals surface area contributed by atoms with Gasteiger partial charge in [-0.25, -0.2) is 4.99 Å². The number of nitrogens with one attached hydrogen (secondary N) is 1. The highest BCUT2D eigenvalue weighted by molar-refractivity contribution is 14.0. The lowest BCUT2D eigenvalue weighted by Crippen LogP contribution is -2.53. The molecule has 1 aliphatic heterocycles. The minimum Gasteiger partial charge on any atom is -0.356 e. The lowest BCUT2D eigenvalue weighted by atomic mass is 9.87. The van der Waals surface area contributed by atoms with Crippen LogP contribution in [-0.4, -0.2) is 55.8 Å². The molecule has 1 aromatic heterocycles. The molecule has 1 saturated carbocycles. The van der Waals surface area contributed by atoms with Crippen LogP contribution >= 0.6 is 35.7 Å². The predicted octanol–water partition coefficient (Wildman–Crippen LogP) is 3.74. The van der Waals surface area contributed by atoms with Crippen LogP contribution in [-0.2, 0) is 13.6 Å². The van der Waals surface area contributed by atoms with Gasteiger partial charge in [0, 0.05) is 37.2 Å². The van der Waals surface area contributed by atoms with E-state index < -0.39 is 0 Å². The standard InChI is InChI=1S/C19H34N6S.HI/c1-4-5-11-20-18(21-14-17-23-22-16(2)24(17)3)25-12-13-26-19(15-25)9-7-6-8-10-19;/h4-15H2,1-3H3,(H,20,21);1H. The summed E-state index contributed by atoms with van der Waals surface area (Å²) in [7, 11) is 2.01. The zero-order chi connectivity index (χ0) is 18.4. The maximum absolute atomic E-state index is 4.94. The zero-order valence-corrected chi connectivity index (χ0v) is 20.2. The van der Waals surface area contributed by atoms with Crippen molar-refractivity contribution in [3.05, 3.63) is 11.6 Å². The monoisotopic (exact) mass is 506 g/mol. The van der Waals surface area contributed by atoms with E-state index in [0.29, 0.717) is 11.3 Å². The Balaban J connectivity index is 0.00000261. The molecule has 1 aromatic rings. The van der Waals surface area contributed by atoms with Gasteiger partial charge in [-0.2, -0.15) is 11.8 Å². The summed E-state index contributed by atoms with van der Waals surface area (Å²) in [5.74, 6) is 4.13. The molecule has 2 aliphatic rings. The second-order valence-electron chi connectivity index (χ2n) is 7.66. The normalized spacial score (nSPS) is 19.8. The number of unbranched alkanes of at least 4 members (excludes halogenated alkanes) is 1. The van der Waals surface area contributed by atoms with Gasteiger partial charge in [0.15, 0.2) is 11.8 Å². The van der Waals surface area contributed by atoms with E-state index in [4.69, 9.17) is 4.99 Å². The summed E-state index contributed by atoms with van der Waals surface area (Å²) in [6, 6.07) is 0. The Morgan fingerprint density at radius 1 is 1.26 bits per heavy atom. The summed E-state index contributed by atoms with van der Waals surface area (Å²) in [6.07, 6.45) is 9.27. The maximum atomic E-state index is 4.94. The Bertz CT molecular complexity index is 606. The fraction of sp³-hybridized carbons (Fsp3) is 0.842. The number of rotatable bonds is 5. The number of guanidine groups is 1. The van der Waals surface area contributed by atoms with Crippen molar-refractivity contribution in [3.63, 3.8) is 0 Å². The lowest BCUT2D eigenvalue weighted by molar-refractivity contribution is 0.292. The molecule has 1 aliphatic carbocycles. The second kappa shape index (κ2) is 10.9. The van der Waals surface area contributed by atoms with Gasteiger partial charge >= 0.3 is 0 Å². The van der Waals surface area contributed by atoms with Crippen LogP contribution in [0.5, 0.6) is 0 Å². The number of hydrogen-bond donors (Lipinski definition) is 1. The summed E-state index contributed by atoms with van der Waals surface area (Å²) in [4.78, 5) is 7.44. The summed E-state index contributed by atoms with van der Waals surface area (Å²) >= 11 is 2.21. The number of aryl methyl sites for hydroxylation is 1. The lowest BCUT2D eigenvalue weighted by Gasteiger charge is -2.45. The summed E-state index contributed by atoms with van der Waals surface area (Å²) in [5, 5.41) is 12.0. The quantitative estimate of drug-likeness (QED) is 0.286. The molecule has 8 heteroatoms. The molecule has 1 spiro atoms. The number of aliphatic imine (C=N–C) groups is 1. The number of nitrogens with zero attached hydrogens (tertiary/aromatic N) is 5. The third-order valence-corrected chi connectivity index (χ3v) is 7.22. The van der Waals surface area contributed by atoms with Crippen LogP contribution in [0.25, 0.3) is 0 Å². The Morgan fingerprint density at radius 2 is 2.04 bits per heavy atom. The van der Waals surface area contributed by atoms with E-state index in [1.54, 1.807) is 0 Å². The van der Waals surface area contributed by atoms with Crippen molar-refractivity contribution >= 4 is 41.7 Å². The molecule has 2 fully saturated rings. The number of thioether (sulfide) groups is 1. The summed E-state index contributed by atoms with van der Waals surface area (Å²) in [5.41, 5.74) is 0. The van der Waals surface area contributed by atoms with Gasteiger partial charge in [0.2, 0.25) is 0 Å². The van der Waals surface area contributed by atoms with Crippen LogP contribution in [0, 0.1) is 6.92 Å². The highest BCUT2D eigenvalue weighted by Gasteiger charge is 2.38. The van der Waals surface area contributed by atoms with E-state index in [9.17, 15) is 0 Å². The fourth-order valence-electron chi connectivity index (χ4n) is 3.90. The first kappa shape index (κ1) is 22.8. The molecule has 154 valence electrons. The Labute approximate surface area is 185 Å². The molecule has 0 radical (unpaired) electrons. The highest BCUT2D eigenvalue weighted by Crippen LogP contribution is 2.42. The molecule has 1 saturated heterocycles. The smallest absolute Gasteiger partial charge is 0.194 e. The van der Waals surface area contributed by atoms with Crippen molar-refractivity contribution in [1.82, 2.24) is 25.0 Å². The highest BCUT2D eigenvalue weighted by atomic mass is 127. The van der Waals surface area contributed by atoms with Crippen molar-refractivity contribution < 1.29 is 0 Å². The van der Waals surface area contributed by atoms with E-state index in [1.165, 1.54) is 50.7 Å². The number of halogens is 1. The molecule has 2 heterocycles. The van der Waals surface area contributed by atoms with E-state index in [1.807, 2.05) is 18.5 Å². The Hall–Kier alpha value is -0.510. The maximum Gasteiger partial charge on any atom is 0.194 e. The number of hydrogen-bond acceptors (Lipinski definition) is 4. The van der Waals surface area contributed by atoms with Gasteiger partial charge in [-0.15, -0.1) is 34.2 Å². The van der Waals surface area contributed by atoms with Crippen LogP contribution in [0.15, 0.2) is 4.99 Å². The van der Waals surface area contributed by atoms with Gasteiger partial charge in [0.25, 0.3) is 0 Å². The molecule has 0 bridgehead atoms. The first-order valence-corrected chi connectivity index (χ1v) is 11.1. The summed E-state index contributed by atoms with van der Waals surface area (Å²) in [6.45, 7) is 8.01. The topological polar surface area (TPSA) is 58.3 Å². The molecule has 0 amide bonds. The molecule has 3 rings (SSSR count). The Kier molecular flexibility index (Phi) is 9.18. The van der Waals surface area contributed by atoms with Crippen molar-refractivity contribution in [2.24, 2.45) is 12.0 Å².